The quantitative estimate of drug-likeness (QED) is 0.878. The molecule has 1 aromatic carbocycles. The van der Waals surface area contributed by atoms with Crippen LogP contribution in [0.3, 0.4) is 0 Å². The number of ether oxygens (including phenoxy) is 2. The lowest BCUT2D eigenvalue weighted by Crippen LogP contribution is -2.05. The van der Waals surface area contributed by atoms with E-state index in [-0.39, 0.29) is 0 Å². The number of rotatable bonds is 6. The zero-order valence-corrected chi connectivity index (χ0v) is 12.0. The molecule has 1 N–H and O–H groups in total. The van der Waals surface area contributed by atoms with Gasteiger partial charge in [-0.3, -0.25) is 0 Å². The van der Waals surface area contributed by atoms with Crippen molar-refractivity contribution in [2.75, 3.05) is 19.0 Å². The summed E-state index contributed by atoms with van der Waals surface area (Å²) in [7, 11) is 1.54. The standard InChI is InChI=1S/C15H16N4O2/c1-3-8-17-14-13(20-2)15(19-10-18-14)21-12-6-4-11(9-16)5-7-12/h4-7,10H,3,8H2,1-2H3,(H,17,18,19). The molecule has 0 spiro atoms. The number of nitrogens with one attached hydrogen (secondary N) is 1. The number of hydrogen-bond donors (Lipinski definition) is 1. The highest BCUT2D eigenvalue weighted by molar-refractivity contribution is 5.56. The van der Waals surface area contributed by atoms with Crippen molar-refractivity contribution in [1.82, 2.24) is 9.97 Å². The second-order valence-corrected chi connectivity index (χ2v) is 4.23. The van der Waals surface area contributed by atoms with Crippen molar-refractivity contribution in [2.24, 2.45) is 0 Å². The number of hydrogen-bond acceptors (Lipinski definition) is 6. The normalized spacial score (nSPS) is 9.76. The molecular formula is C15H16N4O2. The van der Waals surface area contributed by atoms with E-state index in [9.17, 15) is 0 Å². The molecule has 0 atom stereocenters. The van der Waals surface area contributed by atoms with E-state index in [1.807, 2.05) is 0 Å². The van der Waals surface area contributed by atoms with Gasteiger partial charge in [0.15, 0.2) is 5.82 Å². The molecule has 6 nitrogen and oxygen atoms in total. The predicted molar refractivity (Wildman–Crippen MR) is 78.6 cm³/mol. The molecule has 108 valence electrons. The molecule has 2 aromatic rings. The Morgan fingerprint density at radius 2 is 2.00 bits per heavy atom. The minimum absolute atomic E-state index is 0.329. The van der Waals surface area contributed by atoms with Crippen LogP contribution in [-0.4, -0.2) is 23.6 Å². The minimum atomic E-state index is 0.329. The minimum Gasteiger partial charge on any atom is -0.489 e. The van der Waals surface area contributed by atoms with Gasteiger partial charge in [0.1, 0.15) is 12.1 Å². The molecule has 1 aromatic heterocycles. The number of nitriles is 1. The number of anilines is 1. The van der Waals surface area contributed by atoms with Crippen molar-refractivity contribution < 1.29 is 9.47 Å². The van der Waals surface area contributed by atoms with E-state index >= 15 is 0 Å². The van der Waals surface area contributed by atoms with Gasteiger partial charge in [-0.15, -0.1) is 0 Å². The van der Waals surface area contributed by atoms with E-state index < -0.39 is 0 Å². The third-order valence-electron chi connectivity index (χ3n) is 2.72. The predicted octanol–water partition coefficient (Wildman–Crippen LogP) is 2.97. The lowest BCUT2D eigenvalue weighted by molar-refractivity contribution is 0.369. The van der Waals surface area contributed by atoms with E-state index in [0.29, 0.717) is 28.8 Å². The fourth-order valence-corrected chi connectivity index (χ4v) is 1.69. The van der Waals surface area contributed by atoms with Crippen LogP contribution in [0.15, 0.2) is 30.6 Å². The summed E-state index contributed by atoms with van der Waals surface area (Å²) >= 11 is 0. The van der Waals surface area contributed by atoms with Crippen molar-refractivity contribution >= 4 is 5.82 Å². The van der Waals surface area contributed by atoms with Gasteiger partial charge in [0, 0.05) is 6.54 Å². The maximum absolute atomic E-state index is 8.78. The van der Waals surface area contributed by atoms with Gasteiger partial charge in [0.05, 0.1) is 18.7 Å². The third-order valence-corrected chi connectivity index (χ3v) is 2.72. The van der Waals surface area contributed by atoms with E-state index in [1.54, 1.807) is 31.4 Å². The highest BCUT2D eigenvalue weighted by atomic mass is 16.5. The molecule has 0 aliphatic carbocycles. The highest BCUT2D eigenvalue weighted by Crippen LogP contribution is 2.34. The average molecular weight is 284 g/mol. The molecule has 0 radical (unpaired) electrons. The summed E-state index contributed by atoms with van der Waals surface area (Å²) in [6, 6.07) is 8.83. The summed E-state index contributed by atoms with van der Waals surface area (Å²) in [5.41, 5.74) is 0.572. The molecule has 0 fully saturated rings. The van der Waals surface area contributed by atoms with Crippen LogP contribution in [0.1, 0.15) is 18.9 Å². The molecule has 0 bridgehead atoms. The summed E-state index contributed by atoms with van der Waals surface area (Å²) < 4.78 is 11.0. The first-order valence-corrected chi connectivity index (χ1v) is 6.59. The average Bonchev–Trinajstić information content (AvgIpc) is 2.53. The van der Waals surface area contributed by atoms with Crippen LogP contribution in [0.5, 0.6) is 17.4 Å². The number of methoxy groups -OCH3 is 1. The first-order valence-electron chi connectivity index (χ1n) is 6.59. The van der Waals surface area contributed by atoms with Crippen molar-refractivity contribution in [1.29, 1.82) is 5.26 Å². The number of aromatic nitrogens is 2. The summed E-state index contributed by atoms with van der Waals surface area (Å²) in [4.78, 5) is 8.24. The Hall–Kier alpha value is -2.81. The zero-order chi connectivity index (χ0) is 15.1. The van der Waals surface area contributed by atoms with Crippen LogP contribution >= 0.6 is 0 Å². The van der Waals surface area contributed by atoms with Crippen LogP contribution in [0.4, 0.5) is 5.82 Å². The lowest BCUT2D eigenvalue weighted by atomic mass is 10.2. The largest absolute Gasteiger partial charge is 0.489 e. The van der Waals surface area contributed by atoms with Crippen LogP contribution in [-0.2, 0) is 0 Å². The topological polar surface area (TPSA) is 80.1 Å². The van der Waals surface area contributed by atoms with Gasteiger partial charge >= 0.3 is 0 Å². The highest BCUT2D eigenvalue weighted by Gasteiger charge is 2.13. The van der Waals surface area contributed by atoms with E-state index in [2.05, 4.69) is 28.3 Å². The molecule has 6 heteroatoms. The van der Waals surface area contributed by atoms with Crippen LogP contribution in [0.25, 0.3) is 0 Å². The molecule has 1 heterocycles. The molecule has 21 heavy (non-hydrogen) atoms. The molecule has 0 saturated carbocycles. The van der Waals surface area contributed by atoms with Crippen molar-refractivity contribution in [3.63, 3.8) is 0 Å². The number of benzene rings is 1. The third kappa shape index (κ3) is 3.60. The van der Waals surface area contributed by atoms with Gasteiger partial charge in [0.2, 0.25) is 5.75 Å². The van der Waals surface area contributed by atoms with Gasteiger partial charge in [-0.25, -0.2) is 4.98 Å². The SMILES string of the molecule is CCCNc1ncnc(Oc2ccc(C#N)cc2)c1OC. The summed E-state index contributed by atoms with van der Waals surface area (Å²) in [6.07, 6.45) is 2.39. The second-order valence-electron chi connectivity index (χ2n) is 4.23. The van der Waals surface area contributed by atoms with E-state index in [1.165, 1.54) is 6.33 Å². The second kappa shape index (κ2) is 7.10. The van der Waals surface area contributed by atoms with Gasteiger partial charge in [-0.1, -0.05) is 6.92 Å². The summed E-state index contributed by atoms with van der Waals surface area (Å²) in [6.45, 7) is 2.85. The van der Waals surface area contributed by atoms with Gasteiger partial charge in [-0.05, 0) is 30.7 Å². The van der Waals surface area contributed by atoms with Crippen molar-refractivity contribution in [2.45, 2.75) is 13.3 Å². The maximum Gasteiger partial charge on any atom is 0.268 e. The first kappa shape index (κ1) is 14.6. The fourth-order valence-electron chi connectivity index (χ4n) is 1.69. The first-order chi connectivity index (χ1) is 10.3. The Balaban J connectivity index is 2.24. The van der Waals surface area contributed by atoms with E-state index in [0.717, 1.165) is 13.0 Å². The molecule has 2 rings (SSSR count). The van der Waals surface area contributed by atoms with Gasteiger partial charge in [-0.2, -0.15) is 10.2 Å². The molecule has 0 aliphatic rings. The fraction of sp³-hybridized carbons (Fsp3) is 0.267. The smallest absolute Gasteiger partial charge is 0.268 e. The molecule has 0 unspecified atom stereocenters. The lowest BCUT2D eigenvalue weighted by Gasteiger charge is -2.13. The number of nitrogens with zero attached hydrogens (tertiary/aromatic N) is 3. The maximum atomic E-state index is 8.78. The Morgan fingerprint density at radius 3 is 2.62 bits per heavy atom. The molecule has 0 amide bonds. The zero-order valence-electron chi connectivity index (χ0n) is 12.0. The van der Waals surface area contributed by atoms with Crippen molar-refractivity contribution in [3.05, 3.63) is 36.2 Å². The van der Waals surface area contributed by atoms with Crippen LogP contribution in [0, 0.1) is 11.3 Å². The van der Waals surface area contributed by atoms with Gasteiger partial charge in [0.25, 0.3) is 5.88 Å². The Bertz CT molecular complexity index is 635. The summed E-state index contributed by atoms with van der Waals surface area (Å²) in [5, 5.41) is 11.9. The van der Waals surface area contributed by atoms with Crippen molar-refractivity contribution in [3.8, 4) is 23.4 Å². The Morgan fingerprint density at radius 1 is 1.24 bits per heavy atom. The monoisotopic (exact) mass is 284 g/mol. The molecule has 0 saturated heterocycles. The van der Waals surface area contributed by atoms with Crippen LogP contribution < -0.4 is 14.8 Å². The van der Waals surface area contributed by atoms with E-state index in [4.69, 9.17) is 14.7 Å². The van der Waals surface area contributed by atoms with Gasteiger partial charge < -0.3 is 14.8 Å². The Kier molecular flexibility index (Phi) is 4.94. The van der Waals surface area contributed by atoms with Crippen LogP contribution in [0.2, 0.25) is 0 Å². The Labute approximate surface area is 123 Å². The molecule has 0 aliphatic heterocycles. The molecular weight excluding hydrogens is 268 g/mol. The summed E-state index contributed by atoms with van der Waals surface area (Å²) in [5.74, 6) is 1.96.